The van der Waals surface area contributed by atoms with Crippen molar-refractivity contribution in [1.29, 1.82) is 0 Å². The highest BCUT2D eigenvalue weighted by atomic mass is 14.2. The van der Waals surface area contributed by atoms with Crippen LogP contribution in [0.5, 0.6) is 0 Å². The number of hydrogen-bond acceptors (Lipinski definition) is 0. The van der Waals surface area contributed by atoms with Gasteiger partial charge in [0.2, 0.25) is 0 Å². The molecule has 0 amide bonds. The minimum absolute atomic E-state index is 1.23. The molecule has 26 heavy (non-hydrogen) atoms. The van der Waals surface area contributed by atoms with Crippen molar-refractivity contribution in [1.82, 2.24) is 0 Å². The van der Waals surface area contributed by atoms with Crippen LogP contribution in [0.3, 0.4) is 0 Å². The molecule has 0 fully saturated rings. The van der Waals surface area contributed by atoms with Crippen molar-refractivity contribution in [3.63, 3.8) is 0 Å². The fourth-order valence-corrected chi connectivity index (χ4v) is 3.40. The Morgan fingerprint density at radius 3 is 1.65 bits per heavy atom. The fourth-order valence-electron chi connectivity index (χ4n) is 3.40. The SMILES string of the molecule is CC(C)=C(C=CC=Cc1ccc(C)cc1)c1c(C)c(C)c(C)c(C)c1C. The van der Waals surface area contributed by atoms with E-state index in [-0.39, 0.29) is 0 Å². The zero-order valence-corrected chi connectivity index (χ0v) is 17.6. The zero-order valence-electron chi connectivity index (χ0n) is 17.6. The Kier molecular flexibility index (Phi) is 6.42. The van der Waals surface area contributed by atoms with Gasteiger partial charge in [0.25, 0.3) is 0 Å². The van der Waals surface area contributed by atoms with Crippen molar-refractivity contribution < 1.29 is 0 Å². The molecule has 0 saturated heterocycles. The van der Waals surface area contributed by atoms with E-state index in [0.29, 0.717) is 0 Å². The van der Waals surface area contributed by atoms with E-state index in [1.54, 1.807) is 0 Å². The topological polar surface area (TPSA) is 0 Å². The highest BCUT2D eigenvalue weighted by Crippen LogP contribution is 2.33. The Morgan fingerprint density at radius 2 is 1.15 bits per heavy atom. The number of aryl methyl sites for hydroxylation is 1. The Balaban J connectivity index is 2.40. The lowest BCUT2D eigenvalue weighted by Crippen LogP contribution is -2.02. The summed E-state index contributed by atoms with van der Waals surface area (Å²) in [6, 6.07) is 8.61. The lowest BCUT2D eigenvalue weighted by Gasteiger charge is -2.20. The van der Waals surface area contributed by atoms with Gasteiger partial charge >= 0.3 is 0 Å². The fraction of sp³-hybridized carbons (Fsp3) is 0.308. The van der Waals surface area contributed by atoms with E-state index < -0.39 is 0 Å². The van der Waals surface area contributed by atoms with Gasteiger partial charge in [-0.1, -0.05) is 59.7 Å². The molecule has 0 spiro atoms. The second-order valence-electron chi connectivity index (χ2n) is 7.54. The minimum atomic E-state index is 1.23. The van der Waals surface area contributed by atoms with Crippen LogP contribution >= 0.6 is 0 Å². The van der Waals surface area contributed by atoms with Gasteiger partial charge in [-0.2, -0.15) is 0 Å². The maximum atomic E-state index is 2.25. The van der Waals surface area contributed by atoms with Crippen LogP contribution in [0.2, 0.25) is 0 Å². The lowest BCUT2D eigenvalue weighted by atomic mass is 9.84. The largest absolute Gasteiger partial charge is 0.0686 e. The summed E-state index contributed by atoms with van der Waals surface area (Å²) in [5.74, 6) is 0. The van der Waals surface area contributed by atoms with Gasteiger partial charge < -0.3 is 0 Å². The molecule has 0 atom stereocenters. The van der Waals surface area contributed by atoms with Crippen LogP contribution in [-0.2, 0) is 0 Å². The van der Waals surface area contributed by atoms with Crippen LogP contribution in [0.1, 0.15) is 58.4 Å². The smallest absolute Gasteiger partial charge is 0.0121 e. The predicted octanol–water partition coefficient (Wildman–Crippen LogP) is 7.60. The van der Waals surface area contributed by atoms with Crippen molar-refractivity contribution >= 4 is 11.6 Å². The van der Waals surface area contributed by atoms with Gasteiger partial charge in [0, 0.05) is 0 Å². The number of allylic oxidation sites excluding steroid dienone is 5. The molecule has 2 aromatic rings. The maximum Gasteiger partial charge on any atom is -0.0121 e. The molecule has 0 saturated carbocycles. The molecule has 0 unspecified atom stereocenters. The van der Waals surface area contributed by atoms with Crippen molar-refractivity contribution in [3.05, 3.63) is 92.6 Å². The van der Waals surface area contributed by atoms with Gasteiger partial charge in [0.05, 0.1) is 0 Å². The summed E-state index contributed by atoms with van der Waals surface area (Å²) in [5.41, 5.74) is 13.6. The maximum absolute atomic E-state index is 2.25. The quantitative estimate of drug-likeness (QED) is 0.501. The molecular weight excluding hydrogens is 312 g/mol. The van der Waals surface area contributed by atoms with Gasteiger partial charge in [-0.05, 0) is 99.9 Å². The minimum Gasteiger partial charge on any atom is -0.0686 e. The predicted molar refractivity (Wildman–Crippen MR) is 118 cm³/mol. The summed E-state index contributed by atoms with van der Waals surface area (Å²) in [6.45, 7) is 17.7. The molecule has 0 nitrogen and oxygen atoms in total. The third-order valence-corrected chi connectivity index (χ3v) is 5.55. The van der Waals surface area contributed by atoms with Crippen molar-refractivity contribution in [2.24, 2.45) is 0 Å². The molecule has 0 N–H and O–H groups in total. The number of hydrogen-bond donors (Lipinski definition) is 0. The summed E-state index contributed by atoms with van der Waals surface area (Å²) < 4.78 is 0. The molecule has 0 aliphatic rings. The highest BCUT2D eigenvalue weighted by molar-refractivity contribution is 5.82. The molecule has 0 radical (unpaired) electrons. The van der Waals surface area contributed by atoms with E-state index in [0.717, 1.165) is 0 Å². The summed E-state index contributed by atoms with van der Waals surface area (Å²) in [7, 11) is 0. The molecule has 2 aromatic carbocycles. The molecule has 0 bridgehead atoms. The molecule has 136 valence electrons. The van der Waals surface area contributed by atoms with Crippen LogP contribution in [0.25, 0.3) is 11.6 Å². The van der Waals surface area contributed by atoms with Gasteiger partial charge in [-0.3, -0.25) is 0 Å². The highest BCUT2D eigenvalue weighted by Gasteiger charge is 2.14. The lowest BCUT2D eigenvalue weighted by molar-refractivity contribution is 1.15. The first-order valence-corrected chi connectivity index (χ1v) is 9.40. The van der Waals surface area contributed by atoms with Crippen LogP contribution < -0.4 is 0 Å². The summed E-state index contributed by atoms with van der Waals surface area (Å²) in [6.07, 6.45) is 8.70. The van der Waals surface area contributed by atoms with Gasteiger partial charge in [0.1, 0.15) is 0 Å². The average molecular weight is 345 g/mol. The van der Waals surface area contributed by atoms with Gasteiger partial charge in [0.15, 0.2) is 0 Å². The van der Waals surface area contributed by atoms with Crippen molar-refractivity contribution in [3.8, 4) is 0 Å². The Labute approximate surface area is 160 Å². The Morgan fingerprint density at radius 1 is 0.654 bits per heavy atom. The van der Waals surface area contributed by atoms with Crippen LogP contribution in [0.15, 0.2) is 48.1 Å². The van der Waals surface area contributed by atoms with E-state index in [1.807, 2.05) is 0 Å². The molecule has 0 aliphatic heterocycles. The van der Waals surface area contributed by atoms with Crippen molar-refractivity contribution in [2.75, 3.05) is 0 Å². The zero-order chi connectivity index (χ0) is 19.4. The molecule has 0 heteroatoms. The monoisotopic (exact) mass is 344 g/mol. The first kappa shape index (κ1) is 20.0. The van der Waals surface area contributed by atoms with E-state index in [4.69, 9.17) is 0 Å². The first-order chi connectivity index (χ1) is 12.2. The third kappa shape index (κ3) is 4.25. The van der Waals surface area contributed by atoms with Gasteiger partial charge in [-0.15, -0.1) is 0 Å². The second kappa shape index (κ2) is 8.36. The van der Waals surface area contributed by atoms with Gasteiger partial charge in [-0.25, -0.2) is 0 Å². The van der Waals surface area contributed by atoms with Crippen LogP contribution in [0, 0.1) is 41.5 Å². The van der Waals surface area contributed by atoms with E-state index >= 15 is 0 Å². The normalized spacial score (nSPS) is 11.5. The van der Waals surface area contributed by atoms with E-state index in [9.17, 15) is 0 Å². The summed E-state index contributed by atoms with van der Waals surface area (Å²) in [5, 5.41) is 0. The second-order valence-corrected chi connectivity index (χ2v) is 7.54. The Bertz CT molecular complexity index is 852. The van der Waals surface area contributed by atoms with E-state index in [2.05, 4.69) is 104 Å². The first-order valence-electron chi connectivity index (χ1n) is 9.40. The Hall–Kier alpha value is -2.34. The van der Waals surface area contributed by atoms with Crippen molar-refractivity contribution in [2.45, 2.75) is 55.4 Å². The van der Waals surface area contributed by atoms with Crippen LogP contribution in [-0.4, -0.2) is 0 Å². The summed E-state index contributed by atoms with van der Waals surface area (Å²) >= 11 is 0. The molecule has 0 heterocycles. The third-order valence-electron chi connectivity index (χ3n) is 5.55. The molecule has 2 rings (SSSR count). The standard InChI is InChI=1S/C26H32/c1-17(2)25(12-10-9-11-24-15-13-18(3)14-16-24)26-22(7)20(5)19(4)21(6)23(26)8/h9-16H,1-8H3. The van der Waals surface area contributed by atoms with E-state index in [1.165, 1.54) is 55.7 Å². The molecule has 0 aliphatic carbocycles. The summed E-state index contributed by atoms with van der Waals surface area (Å²) in [4.78, 5) is 0. The number of rotatable bonds is 4. The number of benzene rings is 2. The molecular formula is C26H32. The van der Waals surface area contributed by atoms with Crippen LogP contribution in [0.4, 0.5) is 0 Å². The molecule has 0 aromatic heterocycles. The average Bonchev–Trinajstić information content (AvgIpc) is 2.61.